The molecule has 2 aromatic rings. The number of carbonyl (C=O) groups is 2. The summed E-state index contributed by atoms with van der Waals surface area (Å²) in [5.41, 5.74) is 4.60. The number of Topliss-reactive ketones (excluding diaryl/α,β-unsaturated/α-hetero) is 1. The van der Waals surface area contributed by atoms with Gasteiger partial charge in [0.05, 0.1) is 6.17 Å². The van der Waals surface area contributed by atoms with E-state index in [4.69, 9.17) is 0 Å². The molecule has 2 N–H and O–H groups in total. The minimum absolute atomic E-state index is 0.0478. The minimum atomic E-state index is -0.751. The largest absolute Gasteiger partial charge is 0.299 e. The Morgan fingerprint density at radius 3 is 2.63 bits per heavy atom. The summed E-state index contributed by atoms with van der Waals surface area (Å²) in [4.78, 5) is 34.0. The summed E-state index contributed by atoms with van der Waals surface area (Å²) in [7, 11) is 0. The van der Waals surface area contributed by atoms with Crippen molar-refractivity contribution in [2.45, 2.75) is 43.7 Å². The second-order valence-corrected chi connectivity index (χ2v) is 9.09. The topological polar surface area (TPSA) is 113 Å². The molecule has 0 radical (unpaired) electrons. The monoisotopic (exact) mass is 405 g/mol. The van der Waals surface area contributed by atoms with Crippen molar-refractivity contribution in [3.63, 3.8) is 0 Å². The third kappa shape index (κ3) is 3.72. The third-order valence-electron chi connectivity index (χ3n) is 4.38. The average Bonchev–Trinajstić information content (AvgIpc) is 3.16. The van der Waals surface area contributed by atoms with Gasteiger partial charge in [0.15, 0.2) is 4.34 Å². The van der Waals surface area contributed by atoms with Crippen molar-refractivity contribution in [1.29, 1.82) is 0 Å². The third-order valence-corrected chi connectivity index (χ3v) is 6.52. The Labute approximate surface area is 164 Å². The molecule has 2 aromatic heterocycles. The van der Waals surface area contributed by atoms with Gasteiger partial charge in [0.25, 0.3) is 5.91 Å². The van der Waals surface area contributed by atoms with Gasteiger partial charge in [-0.15, -0.1) is 10.2 Å². The van der Waals surface area contributed by atoms with E-state index in [1.54, 1.807) is 11.8 Å². The zero-order valence-corrected chi connectivity index (χ0v) is 16.7. The molecule has 3 unspecified atom stereocenters. The molecule has 2 fully saturated rings. The van der Waals surface area contributed by atoms with Crippen molar-refractivity contribution in [2.75, 3.05) is 10.8 Å². The predicted octanol–water partition coefficient (Wildman–Crippen LogP) is 0.770. The van der Waals surface area contributed by atoms with E-state index in [0.29, 0.717) is 12.2 Å². The van der Waals surface area contributed by atoms with Gasteiger partial charge in [-0.2, -0.15) is 0 Å². The number of hydrogen-bond donors (Lipinski definition) is 2. The molecule has 11 heteroatoms. The standard InChI is InChI=1S/C16H19N7O2S2/c1-7-4-8(2)18-15(17-7)23-14(25)12-11(24)5-10(19-13(12)22-23)6-26-16-21-20-9(3)27-16/h4,10,12-13,19,22H,5-6H2,1-3H3. The molecular weight excluding hydrogens is 386 g/mol. The number of ketones is 1. The number of aryl methyl sites for hydroxylation is 3. The van der Waals surface area contributed by atoms with E-state index < -0.39 is 12.1 Å². The average molecular weight is 406 g/mol. The Kier molecular flexibility index (Phi) is 4.93. The fraction of sp³-hybridized carbons (Fsp3) is 0.500. The molecule has 0 saturated carbocycles. The highest BCUT2D eigenvalue weighted by Gasteiger charge is 2.49. The summed E-state index contributed by atoms with van der Waals surface area (Å²) in [6.07, 6.45) is -0.147. The fourth-order valence-corrected chi connectivity index (χ4v) is 5.15. The number of thioether (sulfide) groups is 1. The minimum Gasteiger partial charge on any atom is -0.299 e. The molecule has 2 aliphatic heterocycles. The van der Waals surface area contributed by atoms with E-state index in [2.05, 4.69) is 30.9 Å². The Morgan fingerprint density at radius 1 is 1.22 bits per heavy atom. The molecule has 0 aliphatic carbocycles. The van der Waals surface area contributed by atoms with Crippen LogP contribution in [0.2, 0.25) is 0 Å². The molecule has 3 atom stereocenters. The maximum Gasteiger partial charge on any atom is 0.257 e. The summed E-state index contributed by atoms with van der Waals surface area (Å²) in [5, 5.41) is 13.7. The van der Waals surface area contributed by atoms with Crippen LogP contribution in [0.1, 0.15) is 22.8 Å². The van der Waals surface area contributed by atoms with Crippen LogP contribution in [0, 0.1) is 26.7 Å². The molecule has 142 valence electrons. The van der Waals surface area contributed by atoms with Gasteiger partial charge in [-0.05, 0) is 26.8 Å². The molecule has 0 spiro atoms. The zero-order valence-electron chi connectivity index (χ0n) is 15.1. The van der Waals surface area contributed by atoms with E-state index in [1.165, 1.54) is 16.3 Å². The van der Waals surface area contributed by atoms with E-state index >= 15 is 0 Å². The molecule has 27 heavy (non-hydrogen) atoms. The number of hydrazine groups is 1. The van der Waals surface area contributed by atoms with Crippen LogP contribution in [0.25, 0.3) is 0 Å². The highest BCUT2D eigenvalue weighted by molar-refractivity contribution is 8.01. The summed E-state index contributed by atoms with van der Waals surface area (Å²) in [6.45, 7) is 5.60. The first-order valence-corrected chi connectivity index (χ1v) is 10.3. The van der Waals surface area contributed by atoms with Crippen LogP contribution in [0.15, 0.2) is 10.4 Å². The molecule has 1 amide bonds. The van der Waals surface area contributed by atoms with Crippen molar-refractivity contribution in [3.8, 4) is 0 Å². The first kappa shape index (κ1) is 18.4. The highest BCUT2D eigenvalue weighted by Crippen LogP contribution is 2.29. The highest BCUT2D eigenvalue weighted by atomic mass is 32.2. The van der Waals surface area contributed by atoms with Crippen molar-refractivity contribution in [1.82, 2.24) is 30.9 Å². The number of carbonyl (C=O) groups excluding carboxylic acids is 2. The summed E-state index contributed by atoms with van der Waals surface area (Å²) < 4.78 is 0.879. The number of piperidine rings is 1. The van der Waals surface area contributed by atoms with Gasteiger partial charge in [0.1, 0.15) is 16.7 Å². The molecule has 0 bridgehead atoms. The number of fused-ring (bicyclic) bond motifs is 1. The van der Waals surface area contributed by atoms with Crippen LogP contribution in [-0.4, -0.2) is 49.8 Å². The molecule has 9 nitrogen and oxygen atoms in total. The normalized spacial score (nSPS) is 25.1. The second-order valence-electron chi connectivity index (χ2n) is 6.64. The number of rotatable bonds is 4. The van der Waals surface area contributed by atoms with E-state index in [0.717, 1.165) is 20.7 Å². The van der Waals surface area contributed by atoms with Crippen molar-refractivity contribution in [2.24, 2.45) is 5.92 Å². The number of amides is 1. The quantitative estimate of drug-likeness (QED) is 0.562. The van der Waals surface area contributed by atoms with Crippen molar-refractivity contribution >= 4 is 40.7 Å². The van der Waals surface area contributed by atoms with Crippen LogP contribution in [0.3, 0.4) is 0 Å². The lowest BCUT2D eigenvalue weighted by molar-refractivity contribution is -0.133. The van der Waals surface area contributed by atoms with E-state index in [1.807, 2.05) is 26.8 Å². The SMILES string of the molecule is Cc1cc(C)nc(N2NC3NC(CSc4nnc(C)s4)CC(=O)C3C2=O)n1. The molecule has 2 aliphatic rings. The number of hydrogen-bond acceptors (Lipinski definition) is 10. The smallest absolute Gasteiger partial charge is 0.257 e. The van der Waals surface area contributed by atoms with Crippen LogP contribution in [0.4, 0.5) is 5.95 Å². The molecule has 0 aromatic carbocycles. The van der Waals surface area contributed by atoms with Gasteiger partial charge >= 0.3 is 0 Å². The fourth-order valence-electron chi connectivity index (χ4n) is 3.28. The predicted molar refractivity (Wildman–Crippen MR) is 101 cm³/mol. The second kappa shape index (κ2) is 7.23. The number of nitrogens with zero attached hydrogens (tertiary/aromatic N) is 5. The van der Waals surface area contributed by atoms with Gasteiger partial charge < -0.3 is 0 Å². The first-order valence-electron chi connectivity index (χ1n) is 8.55. The van der Waals surface area contributed by atoms with Crippen molar-refractivity contribution in [3.05, 3.63) is 22.5 Å². The molecule has 2 saturated heterocycles. The molecule has 4 rings (SSSR count). The Bertz CT molecular complexity index is 882. The molecular formula is C16H19N7O2S2. The van der Waals surface area contributed by atoms with E-state index in [-0.39, 0.29) is 23.7 Å². The first-order chi connectivity index (χ1) is 12.9. The molecule has 4 heterocycles. The number of aromatic nitrogens is 4. The van der Waals surface area contributed by atoms with Crippen LogP contribution in [0.5, 0.6) is 0 Å². The zero-order chi connectivity index (χ0) is 19.1. The van der Waals surface area contributed by atoms with Crippen molar-refractivity contribution < 1.29 is 9.59 Å². The van der Waals surface area contributed by atoms with E-state index in [9.17, 15) is 9.59 Å². The summed E-state index contributed by atoms with van der Waals surface area (Å²) >= 11 is 3.10. The van der Waals surface area contributed by atoms with Gasteiger partial charge in [-0.25, -0.2) is 20.4 Å². The van der Waals surface area contributed by atoms with Gasteiger partial charge in [-0.3, -0.25) is 14.9 Å². The lowest BCUT2D eigenvalue weighted by Gasteiger charge is -2.29. The lowest BCUT2D eigenvalue weighted by Crippen LogP contribution is -2.56. The Hall–Kier alpha value is -1.95. The van der Waals surface area contributed by atoms with Gasteiger partial charge in [0.2, 0.25) is 5.95 Å². The van der Waals surface area contributed by atoms with Crippen LogP contribution < -0.4 is 15.8 Å². The van der Waals surface area contributed by atoms with Crippen LogP contribution in [-0.2, 0) is 9.59 Å². The van der Waals surface area contributed by atoms with Gasteiger partial charge in [-0.1, -0.05) is 23.1 Å². The summed E-state index contributed by atoms with van der Waals surface area (Å²) in [6, 6.07) is 1.79. The van der Waals surface area contributed by atoms with Gasteiger partial charge in [0, 0.05) is 29.6 Å². The maximum absolute atomic E-state index is 12.8. The number of nitrogens with one attached hydrogen (secondary N) is 2. The Balaban J connectivity index is 1.46. The number of anilines is 1. The Morgan fingerprint density at radius 2 is 1.96 bits per heavy atom. The summed E-state index contributed by atoms with van der Waals surface area (Å²) in [5.74, 6) is -0.175. The maximum atomic E-state index is 12.8. The van der Waals surface area contributed by atoms with Crippen LogP contribution >= 0.6 is 23.1 Å². The lowest BCUT2D eigenvalue weighted by atomic mass is 9.91.